The fourth-order valence-corrected chi connectivity index (χ4v) is 5.46. The molecule has 1 aromatic heterocycles. The van der Waals surface area contributed by atoms with Crippen molar-refractivity contribution in [2.24, 2.45) is 5.92 Å². The Morgan fingerprint density at radius 1 is 1.11 bits per heavy atom. The largest absolute Gasteiger partial charge is 0.456 e. The Morgan fingerprint density at radius 2 is 1.81 bits per heavy atom. The van der Waals surface area contributed by atoms with E-state index in [9.17, 15) is 13.7 Å². The van der Waals surface area contributed by atoms with E-state index >= 15 is 0 Å². The number of hydrogen-bond donors (Lipinski definition) is 2. The number of aliphatic hydroxyl groups is 1. The number of benzene rings is 2. The van der Waals surface area contributed by atoms with E-state index in [1.54, 1.807) is 32.0 Å². The highest BCUT2D eigenvalue weighted by Crippen LogP contribution is 2.31. The van der Waals surface area contributed by atoms with E-state index < -0.39 is 14.9 Å². The van der Waals surface area contributed by atoms with Gasteiger partial charge in [-0.15, -0.1) is 0 Å². The van der Waals surface area contributed by atoms with Crippen molar-refractivity contribution in [1.82, 2.24) is 9.62 Å². The van der Waals surface area contributed by atoms with E-state index in [4.69, 9.17) is 9.52 Å². The molecule has 1 unspecified atom stereocenters. The van der Waals surface area contributed by atoms with Gasteiger partial charge in [-0.25, -0.2) is 13.1 Å². The van der Waals surface area contributed by atoms with Gasteiger partial charge in [0.1, 0.15) is 17.6 Å². The van der Waals surface area contributed by atoms with Crippen LogP contribution in [0.1, 0.15) is 19.6 Å². The van der Waals surface area contributed by atoms with Crippen LogP contribution in [0.2, 0.25) is 0 Å². The SMILES string of the molecule is C/C(=C(/C#N)S(=O)(=O)NCC(C)CO)c1ccc(-c2ccc3cc(N4CCN(C)CC4)ccc3c2)o1. The van der Waals surface area contributed by atoms with Crippen LogP contribution in [0, 0.1) is 17.2 Å². The molecule has 4 rings (SSSR count). The minimum absolute atomic E-state index is 0.0360. The van der Waals surface area contributed by atoms with E-state index in [-0.39, 0.29) is 24.6 Å². The Labute approximate surface area is 212 Å². The summed E-state index contributed by atoms with van der Waals surface area (Å²) in [5, 5.41) is 20.9. The Hall–Kier alpha value is -3.16. The number of hydrogen-bond acceptors (Lipinski definition) is 7. The van der Waals surface area contributed by atoms with Gasteiger partial charge in [-0.1, -0.05) is 25.1 Å². The Kier molecular flexibility index (Phi) is 7.81. The highest BCUT2D eigenvalue weighted by molar-refractivity contribution is 7.93. The maximum atomic E-state index is 12.7. The molecular weight excluding hydrogens is 476 g/mol. The van der Waals surface area contributed by atoms with Crippen LogP contribution in [0.25, 0.3) is 27.7 Å². The van der Waals surface area contributed by atoms with Gasteiger partial charge in [-0.3, -0.25) is 0 Å². The molecule has 36 heavy (non-hydrogen) atoms. The van der Waals surface area contributed by atoms with Crippen molar-refractivity contribution in [2.75, 3.05) is 51.3 Å². The molecule has 3 aromatic rings. The molecule has 2 N–H and O–H groups in total. The number of sulfonamides is 1. The lowest BCUT2D eigenvalue weighted by molar-refractivity contribution is 0.239. The topological polar surface area (TPSA) is 110 Å². The number of nitriles is 1. The molecule has 2 aromatic carbocycles. The summed E-state index contributed by atoms with van der Waals surface area (Å²) < 4.78 is 33.7. The quantitative estimate of drug-likeness (QED) is 0.447. The normalized spacial score (nSPS) is 16.6. The standard InChI is InChI=1S/C27H32N4O4S/c1-19(18-32)17-29-36(33,34)27(16-28)20(2)25-8-9-26(35-25)23-5-4-22-15-24(7-6-21(22)14-23)31-12-10-30(3)11-13-31/h4-9,14-15,19,29,32H,10-13,17-18H2,1-3H3/b27-20+. The molecule has 1 atom stereocenters. The van der Waals surface area contributed by atoms with Gasteiger partial charge < -0.3 is 19.3 Å². The predicted octanol–water partition coefficient (Wildman–Crippen LogP) is 3.65. The van der Waals surface area contributed by atoms with Crippen molar-refractivity contribution >= 4 is 32.1 Å². The Morgan fingerprint density at radius 3 is 2.50 bits per heavy atom. The third-order valence-electron chi connectivity index (χ3n) is 6.60. The zero-order chi connectivity index (χ0) is 25.9. The lowest BCUT2D eigenvalue weighted by Gasteiger charge is -2.34. The van der Waals surface area contributed by atoms with E-state index in [0.717, 1.165) is 42.5 Å². The molecule has 1 aliphatic heterocycles. The van der Waals surface area contributed by atoms with Gasteiger partial charge >= 0.3 is 0 Å². The number of nitrogens with zero attached hydrogens (tertiary/aromatic N) is 3. The van der Waals surface area contributed by atoms with Crippen LogP contribution in [0.5, 0.6) is 0 Å². The van der Waals surface area contributed by atoms with Gasteiger partial charge in [0.05, 0.1) is 0 Å². The van der Waals surface area contributed by atoms with Gasteiger partial charge in [-0.2, -0.15) is 5.26 Å². The average molecular weight is 509 g/mol. The first-order valence-corrected chi connectivity index (χ1v) is 13.5. The number of likely N-dealkylation sites (N-methyl/N-ethyl adjacent to an activating group) is 1. The molecule has 0 radical (unpaired) electrons. The molecular formula is C27H32N4O4S. The summed E-state index contributed by atoms with van der Waals surface area (Å²) in [7, 11) is -1.89. The molecule has 0 bridgehead atoms. The average Bonchev–Trinajstić information content (AvgIpc) is 3.38. The third kappa shape index (κ3) is 5.63. The van der Waals surface area contributed by atoms with Gasteiger partial charge in [0.2, 0.25) is 0 Å². The van der Waals surface area contributed by atoms with Crippen molar-refractivity contribution in [3.63, 3.8) is 0 Å². The van der Waals surface area contributed by atoms with Gasteiger partial charge in [0.15, 0.2) is 4.91 Å². The van der Waals surface area contributed by atoms with Crippen molar-refractivity contribution in [2.45, 2.75) is 13.8 Å². The molecule has 1 aliphatic rings. The highest BCUT2D eigenvalue weighted by atomic mass is 32.2. The molecule has 0 aliphatic carbocycles. The molecule has 2 heterocycles. The number of aliphatic hydroxyl groups excluding tert-OH is 1. The summed E-state index contributed by atoms with van der Waals surface area (Å²) in [6.07, 6.45) is 0. The number of furan rings is 1. The highest BCUT2D eigenvalue weighted by Gasteiger charge is 2.23. The maximum absolute atomic E-state index is 12.7. The fourth-order valence-electron chi connectivity index (χ4n) is 4.19. The summed E-state index contributed by atoms with van der Waals surface area (Å²) in [6, 6.07) is 17.8. The summed E-state index contributed by atoms with van der Waals surface area (Å²) in [4.78, 5) is 4.34. The molecule has 1 saturated heterocycles. The van der Waals surface area contributed by atoms with Gasteiger partial charge in [-0.05, 0) is 61.0 Å². The second kappa shape index (κ2) is 10.8. The zero-order valence-electron chi connectivity index (χ0n) is 20.9. The van der Waals surface area contributed by atoms with E-state index in [1.165, 1.54) is 5.69 Å². The second-order valence-electron chi connectivity index (χ2n) is 9.41. The van der Waals surface area contributed by atoms with Gasteiger partial charge in [0.25, 0.3) is 10.0 Å². The summed E-state index contributed by atoms with van der Waals surface area (Å²) in [5.74, 6) is 0.638. The lowest BCUT2D eigenvalue weighted by atomic mass is 10.0. The monoisotopic (exact) mass is 508 g/mol. The van der Waals surface area contributed by atoms with Crippen LogP contribution >= 0.6 is 0 Å². The molecule has 9 heteroatoms. The second-order valence-corrected chi connectivity index (χ2v) is 11.1. The number of fused-ring (bicyclic) bond motifs is 1. The van der Waals surface area contributed by atoms with Crippen LogP contribution in [-0.2, 0) is 10.0 Å². The molecule has 8 nitrogen and oxygen atoms in total. The molecule has 190 valence electrons. The first-order valence-electron chi connectivity index (χ1n) is 12.0. The molecule has 0 saturated carbocycles. The van der Waals surface area contributed by atoms with Crippen LogP contribution in [0.3, 0.4) is 0 Å². The van der Waals surface area contributed by atoms with Crippen LogP contribution < -0.4 is 9.62 Å². The van der Waals surface area contributed by atoms with E-state index in [0.29, 0.717) is 11.5 Å². The fraction of sp³-hybridized carbons (Fsp3) is 0.370. The third-order valence-corrected chi connectivity index (χ3v) is 8.08. The summed E-state index contributed by atoms with van der Waals surface area (Å²) in [6.45, 7) is 7.27. The van der Waals surface area contributed by atoms with Crippen molar-refractivity contribution in [3.8, 4) is 17.4 Å². The van der Waals surface area contributed by atoms with E-state index in [2.05, 4.69) is 45.8 Å². The Balaban J connectivity index is 1.57. The molecule has 0 spiro atoms. The number of rotatable bonds is 8. The smallest absolute Gasteiger partial charge is 0.251 e. The van der Waals surface area contributed by atoms with Crippen molar-refractivity contribution < 1.29 is 17.9 Å². The number of allylic oxidation sites excluding steroid dienone is 2. The first kappa shape index (κ1) is 25.9. The van der Waals surface area contributed by atoms with Crippen LogP contribution in [0.15, 0.2) is 57.9 Å². The van der Waals surface area contributed by atoms with Crippen LogP contribution in [-0.4, -0.2) is 64.8 Å². The van der Waals surface area contributed by atoms with Crippen LogP contribution in [0.4, 0.5) is 5.69 Å². The van der Waals surface area contributed by atoms with Crippen molar-refractivity contribution in [1.29, 1.82) is 5.26 Å². The molecule has 1 fully saturated rings. The number of nitrogens with one attached hydrogen (secondary N) is 1. The zero-order valence-corrected chi connectivity index (χ0v) is 21.7. The number of anilines is 1. The predicted molar refractivity (Wildman–Crippen MR) is 143 cm³/mol. The summed E-state index contributed by atoms with van der Waals surface area (Å²) in [5.41, 5.74) is 2.31. The minimum Gasteiger partial charge on any atom is -0.456 e. The van der Waals surface area contributed by atoms with E-state index in [1.807, 2.05) is 12.1 Å². The summed E-state index contributed by atoms with van der Waals surface area (Å²) >= 11 is 0. The first-order chi connectivity index (χ1) is 17.2. The van der Waals surface area contributed by atoms with Gasteiger partial charge in [0, 0.05) is 56.2 Å². The number of piperazine rings is 1. The maximum Gasteiger partial charge on any atom is 0.251 e. The minimum atomic E-state index is -4.03. The molecule has 0 amide bonds. The Bertz CT molecular complexity index is 1410. The lowest BCUT2D eigenvalue weighted by Crippen LogP contribution is -2.44. The van der Waals surface area contributed by atoms with Crippen molar-refractivity contribution in [3.05, 3.63) is 59.2 Å².